The van der Waals surface area contributed by atoms with Gasteiger partial charge in [-0.3, -0.25) is 0 Å². The van der Waals surface area contributed by atoms with Crippen LogP contribution in [-0.4, -0.2) is 17.8 Å². The van der Waals surface area contributed by atoms with Crippen molar-refractivity contribution in [1.29, 1.82) is 0 Å². The highest BCUT2D eigenvalue weighted by atomic mass is 16.3. The molecule has 136 valence electrons. The SMILES string of the molecule is C[C@H](CN)[C@H]1CC[C@H]2[C@@H]3CC=C4C[C@@H](O)CC[C@]4(C)[C@H]3CC[C@]12C. The van der Waals surface area contributed by atoms with E-state index in [1.54, 1.807) is 5.57 Å². The molecule has 4 aliphatic rings. The van der Waals surface area contributed by atoms with E-state index >= 15 is 0 Å². The average molecular weight is 332 g/mol. The first-order valence-electron chi connectivity index (χ1n) is 10.5. The minimum Gasteiger partial charge on any atom is -0.393 e. The molecule has 0 amide bonds. The van der Waals surface area contributed by atoms with E-state index in [0.717, 1.165) is 43.1 Å². The molecule has 3 fully saturated rings. The summed E-state index contributed by atoms with van der Waals surface area (Å²) in [6.07, 6.45) is 12.5. The highest BCUT2D eigenvalue weighted by Gasteiger charge is 2.58. The molecule has 0 radical (unpaired) electrons. The molecule has 0 aromatic rings. The van der Waals surface area contributed by atoms with Gasteiger partial charge < -0.3 is 10.8 Å². The van der Waals surface area contributed by atoms with Gasteiger partial charge in [-0.05, 0) is 98.3 Å². The highest BCUT2D eigenvalue weighted by Crippen LogP contribution is 2.67. The normalized spacial score (nSPS) is 52.0. The lowest BCUT2D eigenvalue weighted by atomic mass is 9.47. The molecule has 2 heteroatoms. The van der Waals surface area contributed by atoms with Crippen LogP contribution in [-0.2, 0) is 0 Å². The van der Waals surface area contributed by atoms with E-state index in [0.29, 0.717) is 16.7 Å². The second-order valence-electron chi connectivity index (χ2n) is 10.1. The predicted molar refractivity (Wildman–Crippen MR) is 99.4 cm³/mol. The Morgan fingerprint density at radius 2 is 1.96 bits per heavy atom. The third kappa shape index (κ3) is 2.28. The number of allylic oxidation sites excluding steroid dienone is 1. The molecule has 0 bridgehead atoms. The smallest absolute Gasteiger partial charge is 0.0577 e. The third-order valence-corrected chi connectivity index (χ3v) is 9.21. The highest BCUT2D eigenvalue weighted by molar-refractivity contribution is 5.25. The van der Waals surface area contributed by atoms with Crippen molar-refractivity contribution in [1.82, 2.24) is 0 Å². The van der Waals surface area contributed by atoms with E-state index in [1.807, 2.05) is 0 Å². The minimum absolute atomic E-state index is 0.0870. The molecule has 0 aromatic heterocycles. The molecule has 4 aliphatic carbocycles. The lowest BCUT2D eigenvalue weighted by Gasteiger charge is -2.58. The summed E-state index contributed by atoms with van der Waals surface area (Å²) in [7, 11) is 0. The maximum Gasteiger partial charge on any atom is 0.0577 e. The molecular weight excluding hydrogens is 294 g/mol. The average Bonchev–Trinajstić information content (AvgIpc) is 2.92. The van der Waals surface area contributed by atoms with Crippen LogP contribution in [0.5, 0.6) is 0 Å². The van der Waals surface area contributed by atoms with Gasteiger partial charge in [-0.1, -0.05) is 32.4 Å². The van der Waals surface area contributed by atoms with E-state index in [1.165, 1.54) is 38.5 Å². The second-order valence-corrected chi connectivity index (χ2v) is 10.1. The molecule has 8 atom stereocenters. The molecule has 4 rings (SSSR count). The Hall–Kier alpha value is -0.340. The van der Waals surface area contributed by atoms with E-state index < -0.39 is 0 Å². The van der Waals surface area contributed by atoms with Crippen LogP contribution in [0.25, 0.3) is 0 Å². The fourth-order valence-electron chi connectivity index (χ4n) is 7.78. The van der Waals surface area contributed by atoms with Gasteiger partial charge in [0.15, 0.2) is 0 Å². The molecule has 0 aliphatic heterocycles. The Morgan fingerprint density at radius 3 is 2.71 bits per heavy atom. The van der Waals surface area contributed by atoms with Crippen molar-refractivity contribution in [2.75, 3.05) is 6.54 Å². The standard InChI is InChI=1S/C22H37NO/c1-14(13-23)18-6-7-19-17-5-4-15-12-16(24)8-10-21(15,2)20(17)9-11-22(18,19)3/h4,14,16-20,24H,5-13,23H2,1-3H3/t14-,16+,17+,18-,19+,20+,21+,22-/m1/s1. The molecule has 2 nitrogen and oxygen atoms in total. The largest absolute Gasteiger partial charge is 0.393 e. The van der Waals surface area contributed by atoms with Crippen molar-refractivity contribution in [3.63, 3.8) is 0 Å². The summed E-state index contributed by atoms with van der Waals surface area (Å²) in [5, 5.41) is 10.1. The van der Waals surface area contributed by atoms with Gasteiger partial charge in [-0.25, -0.2) is 0 Å². The van der Waals surface area contributed by atoms with Crippen molar-refractivity contribution in [2.45, 2.75) is 78.2 Å². The molecule has 0 spiro atoms. The zero-order chi connectivity index (χ0) is 17.1. The summed E-state index contributed by atoms with van der Waals surface area (Å²) in [5.41, 5.74) is 8.55. The quantitative estimate of drug-likeness (QED) is 0.731. The van der Waals surface area contributed by atoms with E-state index in [9.17, 15) is 5.11 Å². The van der Waals surface area contributed by atoms with E-state index in [-0.39, 0.29) is 6.10 Å². The number of hydrogen-bond acceptors (Lipinski definition) is 2. The van der Waals surface area contributed by atoms with Gasteiger partial charge in [0.05, 0.1) is 6.10 Å². The Balaban J connectivity index is 1.63. The van der Waals surface area contributed by atoms with Crippen LogP contribution in [0.15, 0.2) is 11.6 Å². The fourth-order valence-corrected chi connectivity index (χ4v) is 7.78. The van der Waals surface area contributed by atoms with Crippen LogP contribution in [0, 0.1) is 40.4 Å². The van der Waals surface area contributed by atoms with Crippen molar-refractivity contribution >= 4 is 0 Å². The zero-order valence-corrected chi connectivity index (χ0v) is 15.9. The number of rotatable bonds is 2. The number of hydrogen-bond donors (Lipinski definition) is 2. The summed E-state index contributed by atoms with van der Waals surface area (Å²) in [4.78, 5) is 0. The van der Waals surface area contributed by atoms with E-state index in [2.05, 4.69) is 26.8 Å². The molecule has 0 heterocycles. The minimum atomic E-state index is -0.0870. The molecular formula is C22H37NO. The summed E-state index contributed by atoms with van der Waals surface area (Å²) in [5.74, 6) is 4.14. The first-order valence-corrected chi connectivity index (χ1v) is 10.5. The van der Waals surface area contributed by atoms with Crippen LogP contribution < -0.4 is 5.73 Å². The van der Waals surface area contributed by atoms with Gasteiger partial charge in [0, 0.05) is 0 Å². The van der Waals surface area contributed by atoms with Crippen LogP contribution in [0.3, 0.4) is 0 Å². The Morgan fingerprint density at radius 1 is 1.17 bits per heavy atom. The summed E-state index contributed by atoms with van der Waals surface area (Å²) in [6.45, 7) is 8.36. The number of nitrogens with two attached hydrogens (primary N) is 1. The fraction of sp³-hybridized carbons (Fsp3) is 0.909. The Labute approximate surface area is 148 Å². The van der Waals surface area contributed by atoms with Gasteiger partial charge in [0.2, 0.25) is 0 Å². The number of fused-ring (bicyclic) bond motifs is 5. The van der Waals surface area contributed by atoms with Gasteiger partial charge in [0.25, 0.3) is 0 Å². The van der Waals surface area contributed by atoms with Crippen molar-refractivity contribution in [3.8, 4) is 0 Å². The number of aliphatic hydroxyl groups is 1. The summed E-state index contributed by atoms with van der Waals surface area (Å²) < 4.78 is 0. The summed E-state index contributed by atoms with van der Waals surface area (Å²) in [6, 6.07) is 0. The molecule has 0 aromatic carbocycles. The Kier molecular flexibility index (Phi) is 4.16. The third-order valence-electron chi connectivity index (χ3n) is 9.21. The molecule has 24 heavy (non-hydrogen) atoms. The van der Waals surface area contributed by atoms with Crippen molar-refractivity contribution in [2.24, 2.45) is 46.2 Å². The maximum absolute atomic E-state index is 10.1. The monoisotopic (exact) mass is 331 g/mol. The predicted octanol–water partition coefficient (Wildman–Crippen LogP) is 4.52. The number of aliphatic hydroxyl groups excluding tert-OH is 1. The van der Waals surface area contributed by atoms with Crippen molar-refractivity contribution < 1.29 is 5.11 Å². The lowest BCUT2D eigenvalue weighted by Crippen LogP contribution is -2.51. The second kappa shape index (κ2) is 5.84. The van der Waals surface area contributed by atoms with Crippen LogP contribution in [0.4, 0.5) is 0 Å². The van der Waals surface area contributed by atoms with Crippen LogP contribution in [0.1, 0.15) is 72.1 Å². The van der Waals surface area contributed by atoms with Gasteiger partial charge in [-0.15, -0.1) is 0 Å². The summed E-state index contributed by atoms with van der Waals surface area (Å²) >= 11 is 0. The Bertz CT molecular complexity index is 528. The first-order chi connectivity index (χ1) is 11.4. The molecule has 0 saturated heterocycles. The zero-order valence-electron chi connectivity index (χ0n) is 15.9. The molecule has 3 saturated carbocycles. The molecule has 0 unspecified atom stereocenters. The topological polar surface area (TPSA) is 46.2 Å². The van der Waals surface area contributed by atoms with Crippen LogP contribution in [0.2, 0.25) is 0 Å². The maximum atomic E-state index is 10.1. The lowest BCUT2D eigenvalue weighted by molar-refractivity contribution is -0.0561. The van der Waals surface area contributed by atoms with Gasteiger partial charge in [0.1, 0.15) is 0 Å². The van der Waals surface area contributed by atoms with E-state index in [4.69, 9.17) is 5.73 Å². The van der Waals surface area contributed by atoms with Gasteiger partial charge in [-0.2, -0.15) is 0 Å². The van der Waals surface area contributed by atoms with Crippen LogP contribution >= 0.6 is 0 Å². The molecule has 3 N–H and O–H groups in total. The first kappa shape index (κ1) is 17.1. The van der Waals surface area contributed by atoms with Gasteiger partial charge >= 0.3 is 0 Å². The van der Waals surface area contributed by atoms with Crippen molar-refractivity contribution in [3.05, 3.63) is 11.6 Å².